The third-order valence-electron chi connectivity index (χ3n) is 4.56. The van der Waals surface area contributed by atoms with Gasteiger partial charge >= 0.3 is 0 Å². The summed E-state index contributed by atoms with van der Waals surface area (Å²) < 4.78 is 28.4. The molecule has 2 aliphatic rings. The molecule has 1 saturated heterocycles. The third kappa shape index (κ3) is 1.85. The molecule has 0 bridgehead atoms. The summed E-state index contributed by atoms with van der Waals surface area (Å²) in [5.41, 5.74) is 1.19. The Morgan fingerprint density at radius 1 is 1.39 bits per heavy atom. The number of alkyl halides is 2. The van der Waals surface area contributed by atoms with E-state index >= 15 is 0 Å². The van der Waals surface area contributed by atoms with Crippen LogP contribution in [0, 0.1) is 5.41 Å². The van der Waals surface area contributed by atoms with Crippen LogP contribution in [0.15, 0.2) is 12.4 Å². The molecule has 1 atom stereocenters. The molecule has 1 N–H and O–H groups in total. The molecule has 0 amide bonds. The molecule has 0 unspecified atom stereocenters. The molecule has 1 aromatic rings. The number of hydrogen-bond donors (Lipinski definition) is 1. The second-order valence-electron chi connectivity index (χ2n) is 5.66. The summed E-state index contributed by atoms with van der Waals surface area (Å²) >= 11 is 0. The Balaban J connectivity index is 1.75. The van der Waals surface area contributed by atoms with Gasteiger partial charge in [-0.2, -0.15) is 5.10 Å². The van der Waals surface area contributed by atoms with Crippen molar-refractivity contribution in [2.45, 2.75) is 51.1 Å². The highest BCUT2D eigenvalue weighted by Gasteiger charge is 2.52. The van der Waals surface area contributed by atoms with Crippen LogP contribution in [0.2, 0.25) is 0 Å². The van der Waals surface area contributed by atoms with Gasteiger partial charge in [0, 0.05) is 49.1 Å². The molecule has 3 rings (SSSR count). The smallest absolute Gasteiger partial charge is 0.248 e. The molecular formula is C13H19F2N3. The van der Waals surface area contributed by atoms with Crippen molar-refractivity contribution in [2.75, 3.05) is 6.54 Å². The maximum atomic E-state index is 13.3. The highest BCUT2D eigenvalue weighted by atomic mass is 19.3. The van der Waals surface area contributed by atoms with E-state index < -0.39 is 5.92 Å². The van der Waals surface area contributed by atoms with E-state index in [2.05, 4.69) is 10.4 Å². The minimum Gasteiger partial charge on any atom is -0.309 e. The van der Waals surface area contributed by atoms with Gasteiger partial charge < -0.3 is 5.32 Å². The van der Waals surface area contributed by atoms with E-state index in [-0.39, 0.29) is 24.3 Å². The van der Waals surface area contributed by atoms with E-state index in [1.807, 2.05) is 24.0 Å². The molecule has 0 aromatic carbocycles. The fraction of sp³-hybridized carbons (Fsp3) is 0.769. The van der Waals surface area contributed by atoms with Gasteiger partial charge in [0.05, 0.1) is 6.20 Å². The zero-order valence-corrected chi connectivity index (χ0v) is 10.6. The van der Waals surface area contributed by atoms with Gasteiger partial charge in [-0.3, -0.25) is 4.68 Å². The van der Waals surface area contributed by atoms with Gasteiger partial charge in [0.25, 0.3) is 0 Å². The number of nitrogens with zero attached hydrogens (tertiary/aromatic N) is 2. The van der Waals surface area contributed by atoms with Gasteiger partial charge in [-0.1, -0.05) is 0 Å². The summed E-state index contributed by atoms with van der Waals surface area (Å²) in [6.07, 6.45) is 5.21. The van der Waals surface area contributed by atoms with E-state index in [1.54, 1.807) is 0 Å². The molecule has 3 nitrogen and oxygen atoms in total. The van der Waals surface area contributed by atoms with Crippen molar-refractivity contribution in [3.8, 4) is 0 Å². The molecular weight excluding hydrogens is 236 g/mol. The normalized spacial score (nSPS) is 29.2. The molecule has 2 fully saturated rings. The minimum absolute atomic E-state index is 0.0348. The van der Waals surface area contributed by atoms with Crippen molar-refractivity contribution >= 4 is 0 Å². The van der Waals surface area contributed by atoms with E-state index in [0.29, 0.717) is 12.8 Å². The van der Waals surface area contributed by atoms with E-state index in [1.165, 1.54) is 0 Å². The Bertz CT molecular complexity index is 431. The van der Waals surface area contributed by atoms with Gasteiger partial charge in [-0.05, 0) is 19.8 Å². The van der Waals surface area contributed by atoms with E-state index in [0.717, 1.165) is 18.7 Å². The zero-order valence-electron chi connectivity index (χ0n) is 10.6. The van der Waals surface area contributed by atoms with Crippen LogP contribution in [0.25, 0.3) is 0 Å². The third-order valence-corrected chi connectivity index (χ3v) is 4.56. The second kappa shape index (κ2) is 4.02. The standard InChI is InChI=1S/C13H19F2N3/c1-2-18-8-10(7-17-18)11-12(9-16-11)3-5-13(14,15)6-4-12/h7-8,11,16H,2-6,9H2,1H3/t11-/m1/s1. The Hall–Kier alpha value is -0.970. The van der Waals surface area contributed by atoms with Crippen LogP contribution in [0.1, 0.15) is 44.2 Å². The molecule has 100 valence electrons. The summed E-state index contributed by atoms with van der Waals surface area (Å²) in [5.74, 6) is -2.45. The molecule has 1 spiro atoms. The monoisotopic (exact) mass is 255 g/mol. The first kappa shape index (κ1) is 12.1. The predicted octanol–water partition coefficient (Wildman–Crippen LogP) is 2.74. The largest absolute Gasteiger partial charge is 0.309 e. The summed E-state index contributed by atoms with van der Waals surface area (Å²) in [4.78, 5) is 0. The van der Waals surface area contributed by atoms with Gasteiger partial charge in [0.2, 0.25) is 5.92 Å². The van der Waals surface area contributed by atoms with Crippen LogP contribution < -0.4 is 5.32 Å². The van der Waals surface area contributed by atoms with Gasteiger partial charge in [-0.15, -0.1) is 0 Å². The van der Waals surface area contributed by atoms with Gasteiger partial charge in [0.1, 0.15) is 0 Å². The number of hydrogen-bond acceptors (Lipinski definition) is 2. The molecule has 1 aliphatic carbocycles. The number of aryl methyl sites for hydroxylation is 1. The number of nitrogens with one attached hydrogen (secondary N) is 1. The van der Waals surface area contributed by atoms with E-state index in [9.17, 15) is 8.78 Å². The van der Waals surface area contributed by atoms with Crippen molar-refractivity contribution < 1.29 is 8.78 Å². The highest BCUT2D eigenvalue weighted by molar-refractivity contribution is 5.21. The van der Waals surface area contributed by atoms with Crippen LogP contribution in [0.3, 0.4) is 0 Å². The van der Waals surface area contributed by atoms with Crippen LogP contribution in [0.5, 0.6) is 0 Å². The molecule has 2 heterocycles. The SMILES string of the molecule is CCn1cc([C@H]2NCC23CCC(F)(F)CC3)cn1. The fourth-order valence-corrected chi connectivity index (χ4v) is 3.24. The average Bonchev–Trinajstić information content (AvgIpc) is 2.76. The summed E-state index contributed by atoms with van der Waals surface area (Å²) in [5, 5.41) is 7.66. The minimum atomic E-state index is -2.45. The summed E-state index contributed by atoms with van der Waals surface area (Å²) in [6.45, 7) is 3.75. The molecule has 1 saturated carbocycles. The average molecular weight is 255 g/mol. The van der Waals surface area contributed by atoms with Gasteiger partial charge in [-0.25, -0.2) is 8.78 Å². The lowest BCUT2D eigenvalue weighted by Gasteiger charge is -2.53. The maximum Gasteiger partial charge on any atom is 0.248 e. The Labute approximate surface area is 106 Å². The predicted molar refractivity (Wildman–Crippen MR) is 64.5 cm³/mol. The van der Waals surface area contributed by atoms with Crippen molar-refractivity contribution in [3.63, 3.8) is 0 Å². The van der Waals surface area contributed by atoms with Crippen molar-refractivity contribution in [3.05, 3.63) is 18.0 Å². The first-order valence-electron chi connectivity index (χ1n) is 6.68. The van der Waals surface area contributed by atoms with Crippen LogP contribution in [0.4, 0.5) is 8.78 Å². The topological polar surface area (TPSA) is 29.9 Å². The number of rotatable bonds is 2. The Morgan fingerprint density at radius 3 is 2.61 bits per heavy atom. The molecule has 18 heavy (non-hydrogen) atoms. The van der Waals surface area contributed by atoms with Crippen LogP contribution in [-0.4, -0.2) is 22.2 Å². The van der Waals surface area contributed by atoms with Gasteiger partial charge in [0.15, 0.2) is 0 Å². The number of aromatic nitrogens is 2. The summed E-state index contributed by atoms with van der Waals surface area (Å²) in [7, 11) is 0. The Morgan fingerprint density at radius 2 is 2.11 bits per heavy atom. The highest BCUT2D eigenvalue weighted by Crippen LogP contribution is 2.54. The van der Waals surface area contributed by atoms with Crippen molar-refractivity contribution in [2.24, 2.45) is 5.41 Å². The van der Waals surface area contributed by atoms with E-state index in [4.69, 9.17) is 0 Å². The number of halogens is 2. The summed E-state index contributed by atoms with van der Waals surface area (Å²) in [6, 6.07) is 0.217. The Kier molecular flexibility index (Phi) is 2.70. The molecule has 1 aliphatic heterocycles. The molecule has 5 heteroatoms. The lowest BCUT2D eigenvalue weighted by molar-refractivity contribution is -0.0955. The zero-order chi connectivity index (χ0) is 12.8. The van der Waals surface area contributed by atoms with Crippen molar-refractivity contribution in [1.29, 1.82) is 0 Å². The molecule has 0 radical (unpaired) electrons. The van der Waals surface area contributed by atoms with Crippen molar-refractivity contribution in [1.82, 2.24) is 15.1 Å². The quantitative estimate of drug-likeness (QED) is 0.880. The first-order chi connectivity index (χ1) is 8.55. The second-order valence-corrected chi connectivity index (χ2v) is 5.66. The fourth-order valence-electron chi connectivity index (χ4n) is 3.24. The molecule has 1 aromatic heterocycles. The first-order valence-corrected chi connectivity index (χ1v) is 6.68. The van der Waals surface area contributed by atoms with Crippen LogP contribution in [-0.2, 0) is 6.54 Å². The lowest BCUT2D eigenvalue weighted by atomic mass is 9.62. The lowest BCUT2D eigenvalue weighted by Crippen LogP contribution is -2.58. The van der Waals surface area contributed by atoms with Crippen LogP contribution >= 0.6 is 0 Å². The maximum absolute atomic E-state index is 13.3.